The maximum absolute atomic E-state index is 12.9. The van der Waals surface area contributed by atoms with Crippen LogP contribution in [0.3, 0.4) is 0 Å². The number of amides is 2. The maximum atomic E-state index is 12.9. The molecule has 1 saturated carbocycles. The Hall–Kier alpha value is -2.83. The van der Waals surface area contributed by atoms with E-state index >= 15 is 0 Å². The van der Waals surface area contributed by atoms with E-state index in [1.165, 1.54) is 22.6 Å². The third-order valence-corrected chi connectivity index (χ3v) is 5.65. The van der Waals surface area contributed by atoms with Crippen molar-refractivity contribution in [1.29, 1.82) is 0 Å². The lowest BCUT2D eigenvalue weighted by molar-refractivity contribution is -0.137. The van der Waals surface area contributed by atoms with E-state index in [4.69, 9.17) is 0 Å². The van der Waals surface area contributed by atoms with Gasteiger partial charge in [-0.1, -0.05) is 36.4 Å². The Bertz CT molecular complexity index is 906. The second-order valence-electron chi connectivity index (χ2n) is 7.56. The molecule has 7 heteroatoms. The Morgan fingerprint density at radius 1 is 0.862 bits per heavy atom. The van der Waals surface area contributed by atoms with Gasteiger partial charge in [0.05, 0.1) is 5.56 Å². The Morgan fingerprint density at radius 2 is 1.52 bits per heavy atom. The minimum Gasteiger partial charge on any atom is -0.339 e. The molecular weight excluding hydrogens is 381 g/mol. The number of carbonyl (C=O) groups is 2. The highest BCUT2D eigenvalue weighted by Gasteiger charge is 2.46. The summed E-state index contributed by atoms with van der Waals surface area (Å²) in [5.41, 5.74) is 0.355. The summed E-state index contributed by atoms with van der Waals surface area (Å²) in [5, 5.41) is 0. The highest BCUT2D eigenvalue weighted by molar-refractivity contribution is 5.94. The van der Waals surface area contributed by atoms with Crippen LogP contribution in [-0.4, -0.2) is 47.8 Å². The minimum absolute atomic E-state index is 0.0110. The predicted molar refractivity (Wildman–Crippen MR) is 101 cm³/mol. The molecule has 2 atom stereocenters. The van der Waals surface area contributed by atoms with E-state index in [-0.39, 0.29) is 23.3 Å². The van der Waals surface area contributed by atoms with Crippen LogP contribution >= 0.6 is 0 Å². The van der Waals surface area contributed by atoms with Crippen LogP contribution in [0.15, 0.2) is 54.6 Å². The number of benzene rings is 2. The fourth-order valence-electron chi connectivity index (χ4n) is 3.91. The van der Waals surface area contributed by atoms with Gasteiger partial charge in [-0.2, -0.15) is 13.2 Å². The van der Waals surface area contributed by atoms with Crippen LogP contribution in [0.1, 0.15) is 33.8 Å². The van der Waals surface area contributed by atoms with Gasteiger partial charge in [0.2, 0.25) is 5.91 Å². The molecule has 0 bridgehead atoms. The zero-order valence-corrected chi connectivity index (χ0v) is 15.7. The van der Waals surface area contributed by atoms with E-state index in [1.54, 1.807) is 4.90 Å². The molecule has 2 aromatic carbocycles. The average molecular weight is 402 g/mol. The molecule has 1 aliphatic heterocycles. The van der Waals surface area contributed by atoms with Crippen LogP contribution < -0.4 is 0 Å². The fourth-order valence-corrected chi connectivity index (χ4v) is 3.91. The van der Waals surface area contributed by atoms with Crippen LogP contribution in [0.25, 0.3) is 0 Å². The van der Waals surface area contributed by atoms with Gasteiger partial charge in [-0.3, -0.25) is 9.59 Å². The van der Waals surface area contributed by atoms with Crippen LogP contribution in [0.2, 0.25) is 0 Å². The zero-order valence-electron chi connectivity index (χ0n) is 15.7. The summed E-state index contributed by atoms with van der Waals surface area (Å²) in [4.78, 5) is 28.6. The number of halogens is 3. The first-order valence-electron chi connectivity index (χ1n) is 9.65. The second-order valence-corrected chi connectivity index (χ2v) is 7.56. The summed E-state index contributed by atoms with van der Waals surface area (Å²) >= 11 is 0. The first kappa shape index (κ1) is 19.5. The van der Waals surface area contributed by atoms with Gasteiger partial charge in [0.15, 0.2) is 0 Å². The molecule has 2 aromatic rings. The highest BCUT2D eigenvalue weighted by Crippen LogP contribution is 2.48. The van der Waals surface area contributed by atoms with Gasteiger partial charge in [-0.25, -0.2) is 0 Å². The van der Waals surface area contributed by atoms with E-state index in [9.17, 15) is 22.8 Å². The topological polar surface area (TPSA) is 40.6 Å². The van der Waals surface area contributed by atoms with Crippen LogP contribution in [0, 0.1) is 5.92 Å². The molecule has 0 radical (unpaired) electrons. The Labute approximate surface area is 166 Å². The van der Waals surface area contributed by atoms with Crippen molar-refractivity contribution in [2.75, 3.05) is 26.2 Å². The first-order chi connectivity index (χ1) is 13.8. The van der Waals surface area contributed by atoms with Crippen molar-refractivity contribution < 1.29 is 22.8 Å². The van der Waals surface area contributed by atoms with E-state index in [2.05, 4.69) is 0 Å². The van der Waals surface area contributed by atoms with E-state index < -0.39 is 17.6 Å². The summed E-state index contributed by atoms with van der Waals surface area (Å²) in [6.45, 7) is 1.45. The zero-order chi connectivity index (χ0) is 20.6. The van der Waals surface area contributed by atoms with Crippen molar-refractivity contribution in [3.8, 4) is 0 Å². The van der Waals surface area contributed by atoms with Crippen molar-refractivity contribution in [2.45, 2.75) is 18.5 Å². The molecule has 0 spiro atoms. The minimum atomic E-state index is -4.49. The van der Waals surface area contributed by atoms with Gasteiger partial charge in [-0.15, -0.1) is 0 Å². The maximum Gasteiger partial charge on any atom is 0.416 e. The number of carbonyl (C=O) groups excluding carboxylic acids is 2. The number of hydrogen-bond acceptors (Lipinski definition) is 2. The normalized spacial score (nSPS) is 21.8. The van der Waals surface area contributed by atoms with Crippen LogP contribution in [0.5, 0.6) is 0 Å². The summed E-state index contributed by atoms with van der Waals surface area (Å²) < 4.78 is 38.6. The van der Waals surface area contributed by atoms with Crippen molar-refractivity contribution >= 4 is 11.8 Å². The lowest BCUT2D eigenvalue weighted by Gasteiger charge is -2.35. The molecule has 4 rings (SSSR count). The van der Waals surface area contributed by atoms with Crippen molar-refractivity contribution in [3.05, 3.63) is 71.3 Å². The molecule has 2 unspecified atom stereocenters. The predicted octanol–water partition coefficient (Wildman–Crippen LogP) is 3.79. The van der Waals surface area contributed by atoms with Gasteiger partial charge in [0.1, 0.15) is 0 Å². The van der Waals surface area contributed by atoms with Gasteiger partial charge in [-0.05, 0) is 36.1 Å². The molecule has 152 valence electrons. The molecule has 1 saturated heterocycles. The number of rotatable bonds is 3. The third-order valence-electron chi connectivity index (χ3n) is 5.65. The Morgan fingerprint density at radius 3 is 2.17 bits per heavy atom. The quantitative estimate of drug-likeness (QED) is 0.784. The third kappa shape index (κ3) is 4.13. The van der Waals surface area contributed by atoms with Crippen LogP contribution in [0.4, 0.5) is 13.2 Å². The smallest absolute Gasteiger partial charge is 0.339 e. The lowest BCUT2D eigenvalue weighted by atomic mass is 10.1. The lowest BCUT2D eigenvalue weighted by Crippen LogP contribution is -2.51. The van der Waals surface area contributed by atoms with E-state index in [0.29, 0.717) is 26.2 Å². The Kier molecular flexibility index (Phi) is 5.06. The molecule has 2 fully saturated rings. The Balaban J connectivity index is 1.34. The van der Waals surface area contributed by atoms with Gasteiger partial charge in [0, 0.05) is 37.7 Å². The number of piperazine rings is 1. The monoisotopic (exact) mass is 402 g/mol. The summed E-state index contributed by atoms with van der Waals surface area (Å²) in [5.74, 6) is -0.0848. The van der Waals surface area contributed by atoms with Gasteiger partial charge >= 0.3 is 6.18 Å². The molecular formula is C22H21F3N2O2. The average Bonchev–Trinajstić information content (AvgIpc) is 3.54. The fraction of sp³-hybridized carbons (Fsp3) is 0.364. The van der Waals surface area contributed by atoms with Gasteiger partial charge in [0.25, 0.3) is 5.91 Å². The van der Waals surface area contributed by atoms with Crippen molar-refractivity contribution in [3.63, 3.8) is 0 Å². The van der Waals surface area contributed by atoms with Crippen LogP contribution in [-0.2, 0) is 11.0 Å². The number of nitrogens with zero attached hydrogens (tertiary/aromatic N) is 2. The highest BCUT2D eigenvalue weighted by atomic mass is 19.4. The second kappa shape index (κ2) is 7.54. The number of alkyl halides is 3. The standard InChI is InChI=1S/C22H21F3N2O2/c23-22(24,25)17-8-4-7-16(13-17)20(28)26-9-11-27(12-10-26)21(29)19-14-18(19)15-5-2-1-3-6-15/h1-8,13,18-19H,9-12,14H2. The summed E-state index contributed by atoms with van der Waals surface area (Å²) in [7, 11) is 0. The van der Waals surface area contributed by atoms with Gasteiger partial charge < -0.3 is 9.80 Å². The molecule has 29 heavy (non-hydrogen) atoms. The summed E-state index contributed by atoms with van der Waals surface area (Å²) in [6.07, 6.45) is -3.65. The van der Waals surface area contributed by atoms with Crippen molar-refractivity contribution in [2.24, 2.45) is 5.92 Å². The summed E-state index contributed by atoms with van der Waals surface area (Å²) in [6, 6.07) is 14.4. The van der Waals surface area contributed by atoms with E-state index in [1.807, 2.05) is 30.3 Å². The molecule has 1 heterocycles. The molecule has 4 nitrogen and oxygen atoms in total. The number of hydrogen-bond donors (Lipinski definition) is 0. The molecule has 0 N–H and O–H groups in total. The largest absolute Gasteiger partial charge is 0.416 e. The molecule has 2 amide bonds. The van der Waals surface area contributed by atoms with E-state index in [0.717, 1.165) is 18.6 Å². The molecule has 2 aliphatic rings. The molecule has 1 aliphatic carbocycles. The first-order valence-corrected chi connectivity index (χ1v) is 9.65. The molecule has 0 aromatic heterocycles. The van der Waals surface area contributed by atoms with Crippen molar-refractivity contribution in [1.82, 2.24) is 9.80 Å². The SMILES string of the molecule is O=C(c1cccc(C(F)(F)F)c1)N1CCN(C(=O)C2CC2c2ccccc2)CC1.